The maximum absolute atomic E-state index is 15.1. The van der Waals surface area contributed by atoms with Gasteiger partial charge in [-0.3, -0.25) is 19.2 Å². The Morgan fingerprint density at radius 2 is 1.52 bits per heavy atom. The third kappa shape index (κ3) is 3.72. The van der Waals surface area contributed by atoms with Crippen molar-refractivity contribution in [2.75, 3.05) is 19.1 Å². The molecule has 0 spiro atoms. The molecule has 1 saturated carbocycles. The fourth-order valence-electron chi connectivity index (χ4n) is 7.12. The van der Waals surface area contributed by atoms with E-state index in [0.29, 0.717) is 0 Å². The molecule has 2 aromatic carbocycles. The monoisotopic (exact) mass is 688 g/mol. The van der Waals surface area contributed by atoms with Crippen molar-refractivity contribution in [3.63, 3.8) is 0 Å². The number of nitrogens with zero attached hydrogens (tertiary/aromatic N) is 2. The van der Waals surface area contributed by atoms with E-state index < -0.39 is 110 Å². The van der Waals surface area contributed by atoms with Crippen LogP contribution in [0.1, 0.15) is 24.3 Å². The zero-order valence-corrected chi connectivity index (χ0v) is 24.9. The number of rotatable bonds is 3. The third-order valence-electron chi connectivity index (χ3n) is 9.14. The molecule has 6 rings (SSSR count). The van der Waals surface area contributed by atoms with Crippen molar-refractivity contribution in [3.05, 3.63) is 64.5 Å². The maximum Gasteiger partial charge on any atom is 0.423 e. The molecule has 17 heteroatoms. The Kier molecular flexibility index (Phi) is 7.17. The number of carbonyl (C=O) groups is 5. The molecule has 6 atom stereocenters. The zero-order chi connectivity index (χ0) is 33.8. The summed E-state index contributed by atoms with van der Waals surface area (Å²) >= 11 is 14.0. The number of hydrogen-bond acceptors (Lipinski definition) is 8. The highest BCUT2D eigenvalue weighted by Gasteiger charge is 2.77. The molecule has 242 valence electrons. The molecule has 5 amide bonds. The van der Waals surface area contributed by atoms with Gasteiger partial charge in [0.05, 0.1) is 26.1 Å². The second-order valence-electron chi connectivity index (χ2n) is 11.1. The molecule has 6 unspecified atom stereocenters. The Balaban J connectivity index is 1.62. The molecule has 2 aliphatic heterocycles. The minimum Gasteiger partial charge on any atom is -0.504 e. The van der Waals surface area contributed by atoms with Crippen LogP contribution in [0.25, 0.3) is 0 Å². The summed E-state index contributed by atoms with van der Waals surface area (Å²) in [7, 11) is 2.12. The second kappa shape index (κ2) is 10.4. The smallest absolute Gasteiger partial charge is 0.423 e. The Labute approximate surface area is 265 Å². The van der Waals surface area contributed by atoms with Gasteiger partial charge in [-0.05, 0) is 24.8 Å². The number of anilines is 1. The number of halogens is 7. The van der Waals surface area contributed by atoms with Crippen molar-refractivity contribution in [2.45, 2.75) is 28.5 Å². The molecule has 2 heterocycles. The molecule has 46 heavy (non-hydrogen) atoms. The number of benzene rings is 2. The maximum atomic E-state index is 15.1. The number of likely N-dealkylation sites (tertiary alicyclic amines) is 1. The van der Waals surface area contributed by atoms with E-state index >= 15 is 8.78 Å². The number of aromatic hydroxyl groups is 1. The van der Waals surface area contributed by atoms with Crippen LogP contribution in [0.4, 0.5) is 32.4 Å². The first-order chi connectivity index (χ1) is 21.6. The molecule has 2 aliphatic carbocycles. The molecule has 4 aliphatic rings. The van der Waals surface area contributed by atoms with Crippen molar-refractivity contribution in [3.8, 4) is 11.5 Å². The lowest BCUT2D eigenvalue weighted by Gasteiger charge is -2.50. The number of imide groups is 4. The first-order valence-corrected chi connectivity index (χ1v) is 14.1. The van der Waals surface area contributed by atoms with Crippen molar-refractivity contribution in [1.29, 1.82) is 0 Å². The Morgan fingerprint density at radius 1 is 0.913 bits per heavy atom. The van der Waals surface area contributed by atoms with Gasteiger partial charge in [0, 0.05) is 11.5 Å². The molecule has 0 bridgehead atoms. The quantitative estimate of drug-likeness (QED) is 0.125. The van der Waals surface area contributed by atoms with Gasteiger partial charge in [-0.1, -0.05) is 23.8 Å². The molecule has 1 N–H and O–H groups in total. The van der Waals surface area contributed by atoms with Gasteiger partial charge >= 0.3 is 6.09 Å². The molecule has 3 fully saturated rings. The van der Waals surface area contributed by atoms with E-state index in [1.54, 1.807) is 0 Å². The molecule has 0 radical (unpaired) electrons. The number of phenols is 1. The molecule has 10 nitrogen and oxygen atoms in total. The van der Waals surface area contributed by atoms with Gasteiger partial charge in [0.15, 0.2) is 44.5 Å². The Bertz CT molecular complexity index is 1810. The van der Waals surface area contributed by atoms with Crippen LogP contribution in [0.5, 0.6) is 11.5 Å². The number of alkyl halides is 2. The van der Waals surface area contributed by atoms with Gasteiger partial charge in [0.2, 0.25) is 17.6 Å². The third-order valence-corrected chi connectivity index (χ3v) is 10.6. The SMILES string of the molecule is COC(=O)N1C(=O)C2CC=C3C(CC4(Cl)C(=O)N(c5c(F)c(F)c(F)c(F)c5F)C(=O)C4(Cl)C3c3cccc(OC)c3O)C2C1=O. The molecular formula is C29H19Cl2F5N2O8. The first-order valence-electron chi connectivity index (χ1n) is 13.4. The van der Waals surface area contributed by atoms with Crippen LogP contribution in [0.3, 0.4) is 0 Å². The number of phenolic OH excluding ortho intramolecular Hbond substituents is 1. The summed E-state index contributed by atoms with van der Waals surface area (Å²) in [5.41, 5.74) is -2.09. The lowest BCUT2D eigenvalue weighted by Crippen LogP contribution is -2.60. The lowest BCUT2D eigenvalue weighted by atomic mass is 9.56. The summed E-state index contributed by atoms with van der Waals surface area (Å²) in [4.78, 5) is 61.7. The van der Waals surface area contributed by atoms with Crippen LogP contribution >= 0.6 is 23.2 Å². The van der Waals surface area contributed by atoms with Gasteiger partial charge in [0.1, 0.15) is 5.69 Å². The largest absolute Gasteiger partial charge is 0.504 e. The summed E-state index contributed by atoms with van der Waals surface area (Å²) < 4.78 is 82.4. The van der Waals surface area contributed by atoms with Crippen LogP contribution < -0.4 is 9.64 Å². The van der Waals surface area contributed by atoms with Gasteiger partial charge in [-0.25, -0.2) is 31.6 Å². The van der Waals surface area contributed by atoms with Gasteiger partial charge < -0.3 is 14.6 Å². The van der Waals surface area contributed by atoms with E-state index in [1.807, 2.05) is 0 Å². The predicted octanol–water partition coefficient (Wildman–Crippen LogP) is 4.43. The zero-order valence-electron chi connectivity index (χ0n) is 23.4. The van der Waals surface area contributed by atoms with E-state index in [-0.39, 0.29) is 33.1 Å². The van der Waals surface area contributed by atoms with Crippen LogP contribution in [-0.4, -0.2) is 63.7 Å². The predicted molar refractivity (Wildman–Crippen MR) is 145 cm³/mol. The average molecular weight is 689 g/mol. The molecule has 2 aromatic rings. The Morgan fingerprint density at radius 3 is 2.11 bits per heavy atom. The van der Waals surface area contributed by atoms with Crippen molar-refractivity contribution >= 4 is 58.6 Å². The normalized spacial score (nSPS) is 30.2. The molecule has 0 aromatic heterocycles. The highest BCUT2D eigenvalue weighted by atomic mass is 35.5. The topological polar surface area (TPSA) is 131 Å². The van der Waals surface area contributed by atoms with E-state index in [2.05, 4.69) is 4.74 Å². The minimum atomic E-state index is -2.83. The van der Waals surface area contributed by atoms with Gasteiger partial charge in [-0.2, -0.15) is 4.90 Å². The summed E-state index contributed by atoms with van der Waals surface area (Å²) in [5, 5.41) is 11.2. The lowest BCUT2D eigenvalue weighted by molar-refractivity contribution is -0.138. The second-order valence-corrected chi connectivity index (χ2v) is 12.3. The molecule has 2 saturated heterocycles. The van der Waals surface area contributed by atoms with E-state index in [1.165, 1.54) is 31.4 Å². The number of hydrogen-bond donors (Lipinski definition) is 1. The van der Waals surface area contributed by atoms with Gasteiger partial charge in [0.25, 0.3) is 11.8 Å². The number of ether oxygens (including phenoxy) is 2. The Hall–Kier alpha value is -4.24. The summed E-state index contributed by atoms with van der Waals surface area (Å²) in [6.07, 6.45) is -0.875. The minimum absolute atomic E-state index is 0.0735. The fourth-order valence-corrected chi connectivity index (χ4v) is 8.05. The number of allylic oxidation sites excluding steroid dienone is 2. The number of amides is 5. The van der Waals surface area contributed by atoms with E-state index in [4.69, 9.17) is 27.9 Å². The first kappa shape index (κ1) is 31.7. The van der Waals surface area contributed by atoms with Gasteiger partial charge in [-0.15, -0.1) is 23.2 Å². The standard InChI is InChI=1S/C29H19Cl2F5N2O8/c1-45-13-5-3-4-11(22(13)39)15-9-6-7-10-14(24(41)38(23(10)40)27(44)46-2)12(9)8-28(30)25(42)37(26(43)29(15,28)31)21-19(35)17(33)16(32)18(34)20(21)36/h3-6,10,12,14-15,39H,7-8H2,1-2H3. The van der Waals surface area contributed by atoms with Crippen LogP contribution in [0, 0.1) is 46.8 Å². The van der Waals surface area contributed by atoms with E-state index in [0.717, 1.165) is 7.11 Å². The number of methoxy groups -OCH3 is 2. The average Bonchev–Trinajstić information content (AvgIpc) is 3.37. The highest BCUT2D eigenvalue weighted by Crippen LogP contribution is 2.67. The van der Waals surface area contributed by atoms with Crippen LogP contribution in [-0.2, 0) is 23.9 Å². The van der Waals surface area contributed by atoms with Crippen LogP contribution in [0.2, 0.25) is 0 Å². The highest BCUT2D eigenvalue weighted by molar-refractivity contribution is 6.58. The summed E-state index contributed by atoms with van der Waals surface area (Å²) in [6, 6.07) is 3.92. The van der Waals surface area contributed by atoms with Crippen molar-refractivity contribution in [1.82, 2.24) is 4.90 Å². The number of fused-ring (bicyclic) bond motifs is 4. The number of para-hydroxylation sites is 1. The number of carbonyl (C=O) groups excluding carboxylic acids is 5. The molecular weight excluding hydrogens is 670 g/mol. The fraction of sp³-hybridized carbons (Fsp3) is 0.345. The summed E-state index contributed by atoms with van der Waals surface area (Å²) in [5.74, 6) is -24.3. The summed E-state index contributed by atoms with van der Waals surface area (Å²) in [6.45, 7) is 0. The van der Waals surface area contributed by atoms with Crippen molar-refractivity contribution < 1.29 is 60.5 Å². The van der Waals surface area contributed by atoms with E-state index in [9.17, 15) is 42.3 Å². The van der Waals surface area contributed by atoms with Crippen molar-refractivity contribution in [2.24, 2.45) is 17.8 Å². The van der Waals surface area contributed by atoms with Crippen LogP contribution in [0.15, 0.2) is 29.8 Å².